The summed E-state index contributed by atoms with van der Waals surface area (Å²) < 4.78 is 57.7. The molecule has 2 aromatic rings. The number of aliphatic hydroxyl groups excluding tert-OH is 1. The van der Waals surface area contributed by atoms with Crippen molar-refractivity contribution in [2.45, 2.75) is 12.8 Å². The molecule has 0 saturated heterocycles. The fourth-order valence-electron chi connectivity index (χ4n) is 1.92. The van der Waals surface area contributed by atoms with E-state index in [9.17, 15) is 17.6 Å². The summed E-state index contributed by atoms with van der Waals surface area (Å²) in [5, 5.41) is 8.92. The average Bonchev–Trinajstić information content (AvgIpc) is 2.48. The van der Waals surface area contributed by atoms with Crippen molar-refractivity contribution >= 4 is 6.21 Å². The monoisotopic (exact) mass is 327 g/mol. The third-order valence-corrected chi connectivity index (χ3v) is 2.94. The zero-order valence-electron chi connectivity index (χ0n) is 12.1. The number of benzene rings is 2. The molecule has 0 spiro atoms. The van der Waals surface area contributed by atoms with Crippen LogP contribution in [0, 0.1) is 5.82 Å². The topological polar surface area (TPSA) is 41.8 Å². The maximum absolute atomic E-state index is 13.8. The van der Waals surface area contributed by atoms with Crippen LogP contribution in [0.3, 0.4) is 0 Å². The van der Waals surface area contributed by atoms with E-state index in [2.05, 4.69) is 4.99 Å². The Balaban J connectivity index is 2.41. The molecule has 7 heteroatoms. The van der Waals surface area contributed by atoms with Gasteiger partial charge in [0.05, 0.1) is 12.2 Å². The smallest absolute Gasteiger partial charge is 0.416 e. The molecule has 0 unspecified atom stereocenters. The molecule has 1 N–H and O–H groups in total. The standard InChI is InChI=1S/C16H13F4NO2/c1-21-8-11-4-12(16(18,19)20)7-13(5-11)23-15-3-2-10(9-22)6-14(15)17/h2-8,22H,9H2,1H3/b21-8+. The highest BCUT2D eigenvalue weighted by molar-refractivity contribution is 5.80. The maximum Gasteiger partial charge on any atom is 0.416 e. The van der Waals surface area contributed by atoms with Crippen molar-refractivity contribution in [2.75, 3.05) is 7.05 Å². The lowest BCUT2D eigenvalue weighted by Crippen LogP contribution is -2.06. The van der Waals surface area contributed by atoms with Gasteiger partial charge in [-0.3, -0.25) is 4.99 Å². The second-order valence-corrected chi connectivity index (χ2v) is 4.70. The number of aliphatic imine (C=N–C) groups is 1. The van der Waals surface area contributed by atoms with Gasteiger partial charge >= 0.3 is 6.18 Å². The predicted molar refractivity (Wildman–Crippen MR) is 77.4 cm³/mol. The van der Waals surface area contributed by atoms with Gasteiger partial charge in [-0.2, -0.15) is 13.2 Å². The van der Waals surface area contributed by atoms with Crippen LogP contribution in [0.2, 0.25) is 0 Å². The van der Waals surface area contributed by atoms with E-state index in [1.54, 1.807) is 0 Å². The van der Waals surface area contributed by atoms with Crippen LogP contribution in [0.4, 0.5) is 17.6 Å². The molecule has 0 amide bonds. The van der Waals surface area contributed by atoms with Gasteiger partial charge in [-0.25, -0.2) is 4.39 Å². The number of hydrogen-bond acceptors (Lipinski definition) is 3. The van der Waals surface area contributed by atoms with Crippen LogP contribution in [0.1, 0.15) is 16.7 Å². The Morgan fingerprint density at radius 3 is 2.48 bits per heavy atom. The molecule has 0 saturated carbocycles. The van der Waals surface area contributed by atoms with Crippen molar-refractivity contribution in [1.82, 2.24) is 0 Å². The first-order valence-corrected chi connectivity index (χ1v) is 6.55. The normalized spacial score (nSPS) is 11.9. The van der Waals surface area contributed by atoms with E-state index < -0.39 is 17.6 Å². The molecule has 2 rings (SSSR count). The lowest BCUT2D eigenvalue weighted by molar-refractivity contribution is -0.137. The summed E-state index contributed by atoms with van der Waals surface area (Å²) in [4.78, 5) is 3.67. The van der Waals surface area contributed by atoms with Crippen LogP contribution in [0.25, 0.3) is 0 Å². The number of halogens is 4. The lowest BCUT2D eigenvalue weighted by Gasteiger charge is -2.12. The van der Waals surface area contributed by atoms with Gasteiger partial charge in [-0.1, -0.05) is 6.07 Å². The van der Waals surface area contributed by atoms with Crippen molar-refractivity contribution in [1.29, 1.82) is 0 Å². The quantitative estimate of drug-likeness (QED) is 0.676. The van der Waals surface area contributed by atoms with E-state index in [-0.39, 0.29) is 23.7 Å². The Hall–Kier alpha value is -2.41. The maximum atomic E-state index is 13.8. The zero-order valence-corrected chi connectivity index (χ0v) is 12.1. The van der Waals surface area contributed by atoms with E-state index in [1.807, 2.05) is 0 Å². The van der Waals surface area contributed by atoms with Crippen molar-refractivity contribution in [3.8, 4) is 11.5 Å². The molecule has 0 aliphatic rings. The molecule has 0 bridgehead atoms. The Bertz CT molecular complexity index is 727. The average molecular weight is 327 g/mol. The van der Waals surface area contributed by atoms with E-state index in [0.717, 1.165) is 18.2 Å². The summed E-state index contributed by atoms with van der Waals surface area (Å²) in [6, 6.07) is 6.74. The van der Waals surface area contributed by atoms with Crippen molar-refractivity contribution in [3.63, 3.8) is 0 Å². The van der Waals surface area contributed by atoms with E-state index in [1.165, 1.54) is 31.5 Å². The Morgan fingerprint density at radius 1 is 1.17 bits per heavy atom. The minimum absolute atomic E-state index is 0.162. The van der Waals surface area contributed by atoms with Gasteiger partial charge in [-0.05, 0) is 41.5 Å². The summed E-state index contributed by atoms with van der Waals surface area (Å²) in [5.74, 6) is -1.18. The number of rotatable bonds is 4. The minimum Gasteiger partial charge on any atom is -0.454 e. The minimum atomic E-state index is -4.56. The fraction of sp³-hybridized carbons (Fsp3) is 0.188. The largest absolute Gasteiger partial charge is 0.454 e. The summed E-state index contributed by atoms with van der Waals surface area (Å²) in [5.41, 5.74) is -0.403. The molecule has 0 aliphatic carbocycles. The van der Waals surface area contributed by atoms with Gasteiger partial charge in [-0.15, -0.1) is 0 Å². The molecule has 0 atom stereocenters. The first kappa shape index (κ1) is 17.0. The molecule has 0 fully saturated rings. The summed E-state index contributed by atoms with van der Waals surface area (Å²) in [7, 11) is 1.42. The highest BCUT2D eigenvalue weighted by Gasteiger charge is 2.31. The van der Waals surface area contributed by atoms with Gasteiger partial charge in [0.25, 0.3) is 0 Å². The molecular formula is C16H13F4NO2. The van der Waals surface area contributed by atoms with Crippen molar-refractivity contribution < 1.29 is 27.4 Å². The molecule has 2 aromatic carbocycles. The molecular weight excluding hydrogens is 314 g/mol. The highest BCUT2D eigenvalue weighted by Crippen LogP contribution is 2.34. The van der Waals surface area contributed by atoms with E-state index in [0.29, 0.717) is 5.56 Å². The number of alkyl halides is 3. The van der Waals surface area contributed by atoms with Crippen molar-refractivity contribution in [3.05, 3.63) is 58.9 Å². The second-order valence-electron chi connectivity index (χ2n) is 4.70. The molecule has 23 heavy (non-hydrogen) atoms. The van der Waals surface area contributed by atoms with Crippen LogP contribution in [-0.4, -0.2) is 18.4 Å². The fourth-order valence-corrected chi connectivity index (χ4v) is 1.92. The molecule has 0 radical (unpaired) electrons. The van der Waals surface area contributed by atoms with Crippen LogP contribution in [0.5, 0.6) is 11.5 Å². The van der Waals surface area contributed by atoms with Crippen LogP contribution in [-0.2, 0) is 12.8 Å². The summed E-state index contributed by atoms with van der Waals surface area (Å²) in [6.07, 6.45) is -3.32. The summed E-state index contributed by atoms with van der Waals surface area (Å²) >= 11 is 0. The molecule has 0 aliphatic heterocycles. The third-order valence-electron chi connectivity index (χ3n) is 2.94. The number of ether oxygens (including phenoxy) is 1. The number of hydrogen-bond donors (Lipinski definition) is 1. The Labute approximate surface area is 129 Å². The van der Waals surface area contributed by atoms with Gasteiger partial charge in [0.1, 0.15) is 5.75 Å². The number of aliphatic hydroxyl groups is 1. The second kappa shape index (κ2) is 6.78. The molecule has 0 heterocycles. The SMILES string of the molecule is C/N=C/c1cc(Oc2ccc(CO)cc2F)cc(C(F)(F)F)c1. The van der Waals surface area contributed by atoms with Crippen molar-refractivity contribution in [2.24, 2.45) is 4.99 Å². The van der Waals surface area contributed by atoms with Crippen LogP contribution < -0.4 is 4.74 Å². The van der Waals surface area contributed by atoms with Gasteiger partial charge in [0, 0.05) is 13.3 Å². The predicted octanol–water partition coefficient (Wildman–Crippen LogP) is 4.18. The Kier molecular flexibility index (Phi) is 5.00. The first-order chi connectivity index (χ1) is 10.8. The first-order valence-electron chi connectivity index (χ1n) is 6.55. The van der Waals surface area contributed by atoms with Gasteiger partial charge in [0.15, 0.2) is 11.6 Å². The van der Waals surface area contributed by atoms with E-state index in [4.69, 9.17) is 9.84 Å². The van der Waals surface area contributed by atoms with Crippen LogP contribution in [0.15, 0.2) is 41.4 Å². The molecule has 0 aromatic heterocycles. The van der Waals surface area contributed by atoms with Gasteiger partial charge < -0.3 is 9.84 Å². The highest BCUT2D eigenvalue weighted by atomic mass is 19.4. The zero-order chi connectivity index (χ0) is 17.0. The Morgan fingerprint density at radius 2 is 1.91 bits per heavy atom. The number of nitrogens with zero attached hydrogens (tertiary/aromatic N) is 1. The van der Waals surface area contributed by atoms with Gasteiger partial charge in [0.2, 0.25) is 0 Å². The summed E-state index contributed by atoms with van der Waals surface area (Å²) in [6.45, 7) is -0.349. The van der Waals surface area contributed by atoms with Crippen LogP contribution >= 0.6 is 0 Å². The molecule has 3 nitrogen and oxygen atoms in total. The molecule has 122 valence electrons. The van der Waals surface area contributed by atoms with E-state index >= 15 is 0 Å². The lowest BCUT2D eigenvalue weighted by atomic mass is 10.1. The third kappa shape index (κ3) is 4.29.